The second-order valence-electron chi connectivity index (χ2n) is 5.28. The van der Waals surface area contributed by atoms with Crippen LogP contribution in [0.2, 0.25) is 0 Å². The zero-order valence-corrected chi connectivity index (χ0v) is 13.1. The van der Waals surface area contributed by atoms with E-state index in [1.807, 2.05) is 18.2 Å². The molecule has 0 fully saturated rings. The van der Waals surface area contributed by atoms with Crippen molar-refractivity contribution in [3.05, 3.63) is 66.4 Å². The molecule has 0 saturated carbocycles. The molecule has 0 amide bonds. The Balaban J connectivity index is 1.90. The van der Waals surface area contributed by atoms with E-state index in [0.29, 0.717) is 23.9 Å². The Bertz CT molecular complexity index is 830. The van der Waals surface area contributed by atoms with E-state index in [0.717, 1.165) is 0 Å². The van der Waals surface area contributed by atoms with Crippen LogP contribution in [-0.2, 0) is 0 Å². The number of hydrogen-bond donors (Lipinski definition) is 2. The van der Waals surface area contributed by atoms with Gasteiger partial charge in [0.15, 0.2) is 5.82 Å². The van der Waals surface area contributed by atoms with Crippen LogP contribution in [0.25, 0.3) is 5.82 Å². The van der Waals surface area contributed by atoms with E-state index in [9.17, 15) is 9.90 Å². The van der Waals surface area contributed by atoms with Crippen LogP contribution in [0.1, 0.15) is 23.1 Å². The van der Waals surface area contributed by atoms with Crippen LogP contribution in [0.15, 0.2) is 55.0 Å². The van der Waals surface area contributed by atoms with Crippen LogP contribution in [-0.4, -0.2) is 43.1 Å². The molecule has 3 rings (SSSR count). The summed E-state index contributed by atoms with van der Waals surface area (Å²) in [6.07, 6.45) is 4.31. The molecule has 7 nitrogen and oxygen atoms in total. The zero-order chi connectivity index (χ0) is 16.9. The topological polar surface area (TPSA) is 92.9 Å². The molecule has 0 aliphatic heterocycles. The Morgan fingerprint density at radius 1 is 1.21 bits per heavy atom. The largest absolute Gasteiger partial charge is 0.392 e. The summed E-state index contributed by atoms with van der Waals surface area (Å²) < 4.78 is 1.62. The number of aliphatic hydroxyl groups excluding tert-OH is 1. The molecule has 24 heavy (non-hydrogen) atoms. The summed E-state index contributed by atoms with van der Waals surface area (Å²) >= 11 is 0. The van der Waals surface area contributed by atoms with E-state index in [1.54, 1.807) is 48.3 Å². The molecule has 0 spiro atoms. The number of nitrogens with one attached hydrogen (secondary N) is 1. The Morgan fingerprint density at radius 3 is 2.75 bits per heavy atom. The highest BCUT2D eigenvalue weighted by Gasteiger charge is 2.16. The summed E-state index contributed by atoms with van der Waals surface area (Å²) in [5.41, 5.74) is 0.562. The molecule has 0 aliphatic rings. The van der Waals surface area contributed by atoms with Crippen LogP contribution in [0.3, 0.4) is 0 Å². The van der Waals surface area contributed by atoms with Crippen LogP contribution in [0.4, 0.5) is 5.95 Å². The number of rotatable bonds is 6. The smallest absolute Gasteiger partial charge is 0.228 e. The van der Waals surface area contributed by atoms with Gasteiger partial charge >= 0.3 is 0 Å². The first kappa shape index (κ1) is 15.8. The quantitative estimate of drug-likeness (QED) is 0.671. The van der Waals surface area contributed by atoms with Gasteiger partial charge in [-0.3, -0.25) is 9.36 Å². The third-order valence-electron chi connectivity index (χ3n) is 3.32. The van der Waals surface area contributed by atoms with Gasteiger partial charge in [-0.1, -0.05) is 30.3 Å². The van der Waals surface area contributed by atoms with Crippen molar-refractivity contribution in [1.29, 1.82) is 0 Å². The van der Waals surface area contributed by atoms with Gasteiger partial charge in [0.25, 0.3) is 0 Å². The average Bonchev–Trinajstić information content (AvgIpc) is 3.10. The van der Waals surface area contributed by atoms with Gasteiger partial charge in [0, 0.05) is 30.7 Å². The lowest BCUT2D eigenvalue weighted by molar-refractivity contribution is 0.102. The van der Waals surface area contributed by atoms with E-state index < -0.39 is 6.10 Å². The second kappa shape index (κ2) is 7.01. The predicted molar refractivity (Wildman–Crippen MR) is 89.2 cm³/mol. The number of carbonyl (C=O) groups is 1. The highest BCUT2D eigenvalue weighted by molar-refractivity contribution is 6.06. The highest BCUT2D eigenvalue weighted by atomic mass is 16.3. The molecule has 1 atom stereocenters. The molecule has 1 aromatic carbocycles. The van der Waals surface area contributed by atoms with Crippen molar-refractivity contribution >= 4 is 11.7 Å². The summed E-state index contributed by atoms with van der Waals surface area (Å²) in [5, 5.41) is 12.3. The number of benzene rings is 1. The molecule has 122 valence electrons. The molecule has 0 bridgehead atoms. The standard InChI is InChI=1S/C17H17N5O2/c1-12(23)11-20-17-19-8-7-14(21-17)22-10-9-18-16(22)15(24)13-5-3-2-4-6-13/h2-10,12,23H,11H2,1H3,(H,19,20,21)/t12-/m0/s1. The Labute approximate surface area is 139 Å². The highest BCUT2D eigenvalue weighted by Crippen LogP contribution is 2.13. The minimum atomic E-state index is -0.513. The van der Waals surface area contributed by atoms with E-state index in [-0.39, 0.29) is 11.6 Å². The first-order chi connectivity index (χ1) is 11.6. The number of aromatic nitrogens is 4. The van der Waals surface area contributed by atoms with E-state index in [2.05, 4.69) is 20.3 Å². The van der Waals surface area contributed by atoms with Gasteiger partial charge in [0.1, 0.15) is 5.82 Å². The molecule has 3 aromatic rings. The van der Waals surface area contributed by atoms with Gasteiger partial charge in [-0.05, 0) is 13.0 Å². The van der Waals surface area contributed by atoms with Gasteiger partial charge in [0.05, 0.1) is 6.10 Å². The van der Waals surface area contributed by atoms with Crippen LogP contribution in [0, 0.1) is 0 Å². The van der Waals surface area contributed by atoms with Crippen molar-refractivity contribution in [1.82, 2.24) is 19.5 Å². The Kier molecular flexibility index (Phi) is 4.62. The Hall–Kier alpha value is -3.06. The molecule has 0 saturated heterocycles. The van der Waals surface area contributed by atoms with Crippen molar-refractivity contribution in [2.75, 3.05) is 11.9 Å². The summed E-state index contributed by atoms with van der Waals surface area (Å²) in [6.45, 7) is 2.01. The van der Waals surface area contributed by atoms with Crippen molar-refractivity contribution in [2.45, 2.75) is 13.0 Å². The Morgan fingerprint density at radius 2 is 2.00 bits per heavy atom. The van der Waals surface area contributed by atoms with Crippen molar-refractivity contribution in [3.8, 4) is 5.82 Å². The molecule has 2 aromatic heterocycles. The lowest BCUT2D eigenvalue weighted by atomic mass is 10.1. The molecular formula is C17H17N5O2. The number of nitrogens with zero attached hydrogens (tertiary/aromatic N) is 4. The molecular weight excluding hydrogens is 306 g/mol. The first-order valence-electron chi connectivity index (χ1n) is 7.53. The molecule has 0 aliphatic carbocycles. The van der Waals surface area contributed by atoms with Crippen molar-refractivity contribution < 1.29 is 9.90 Å². The fourth-order valence-electron chi connectivity index (χ4n) is 2.18. The number of anilines is 1. The molecule has 2 heterocycles. The van der Waals surface area contributed by atoms with Crippen LogP contribution < -0.4 is 5.32 Å². The molecule has 0 unspecified atom stereocenters. The fraction of sp³-hybridized carbons (Fsp3) is 0.176. The maximum Gasteiger partial charge on any atom is 0.228 e. The predicted octanol–water partition coefficient (Wildman–Crippen LogP) is 1.69. The summed E-state index contributed by atoms with van der Waals surface area (Å²) in [7, 11) is 0. The summed E-state index contributed by atoms with van der Waals surface area (Å²) in [5.74, 6) is 0.995. The van der Waals surface area contributed by atoms with Gasteiger partial charge in [0.2, 0.25) is 11.7 Å². The number of ketones is 1. The maximum atomic E-state index is 12.6. The minimum absolute atomic E-state index is 0.183. The minimum Gasteiger partial charge on any atom is -0.392 e. The third-order valence-corrected chi connectivity index (χ3v) is 3.32. The molecule has 7 heteroatoms. The number of aliphatic hydroxyl groups is 1. The van der Waals surface area contributed by atoms with Gasteiger partial charge in [-0.2, -0.15) is 4.98 Å². The monoisotopic (exact) mass is 323 g/mol. The number of imidazole rings is 1. The fourth-order valence-corrected chi connectivity index (χ4v) is 2.18. The lowest BCUT2D eigenvalue weighted by Crippen LogP contribution is -2.17. The summed E-state index contributed by atoms with van der Waals surface area (Å²) in [6, 6.07) is 10.7. The van der Waals surface area contributed by atoms with Gasteiger partial charge in [-0.25, -0.2) is 9.97 Å². The molecule has 2 N–H and O–H groups in total. The van der Waals surface area contributed by atoms with E-state index >= 15 is 0 Å². The maximum absolute atomic E-state index is 12.6. The van der Waals surface area contributed by atoms with Gasteiger partial charge < -0.3 is 10.4 Å². The average molecular weight is 323 g/mol. The van der Waals surface area contributed by atoms with Crippen molar-refractivity contribution in [3.63, 3.8) is 0 Å². The molecule has 0 radical (unpaired) electrons. The van der Waals surface area contributed by atoms with E-state index in [1.165, 1.54) is 0 Å². The number of hydrogen-bond acceptors (Lipinski definition) is 6. The normalized spacial score (nSPS) is 11.9. The van der Waals surface area contributed by atoms with Crippen LogP contribution >= 0.6 is 0 Å². The second-order valence-corrected chi connectivity index (χ2v) is 5.28. The van der Waals surface area contributed by atoms with Gasteiger partial charge in [-0.15, -0.1) is 0 Å². The zero-order valence-electron chi connectivity index (χ0n) is 13.1. The van der Waals surface area contributed by atoms with Crippen molar-refractivity contribution in [2.24, 2.45) is 0 Å². The SMILES string of the molecule is C[C@H](O)CNc1nccc(-n2ccnc2C(=O)c2ccccc2)n1. The number of carbonyl (C=O) groups excluding carboxylic acids is 1. The lowest BCUT2D eigenvalue weighted by Gasteiger charge is -2.10. The first-order valence-corrected chi connectivity index (χ1v) is 7.53. The summed E-state index contributed by atoms with van der Waals surface area (Å²) in [4.78, 5) is 25.3. The van der Waals surface area contributed by atoms with E-state index in [4.69, 9.17) is 0 Å². The third kappa shape index (κ3) is 3.47. The van der Waals surface area contributed by atoms with Crippen LogP contribution in [0.5, 0.6) is 0 Å².